The fraction of sp³-hybridized carbons (Fsp3) is 0.348. The highest BCUT2D eigenvalue weighted by atomic mass is 15.3. The van der Waals surface area contributed by atoms with Crippen LogP contribution in [0.15, 0.2) is 54.7 Å². The molecule has 1 aromatic carbocycles. The van der Waals surface area contributed by atoms with Gasteiger partial charge in [0.15, 0.2) is 0 Å². The van der Waals surface area contributed by atoms with Crippen LogP contribution < -0.4 is 4.90 Å². The molecule has 27 heavy (non-hydrogen) atoms. The van der Waals surface area contributed by atoms with Gasteiger partial charge in [0.2, 0.25) is 5.95 Å². The molecule has 0 saturated carbocycles. The van der Waals surface area contributed by atoms with E-state index in [1.165, 1.54) is 23.2 Å². The predicted octanol–water partition coefficient (Wildman–Crippen LogP) is 4.46. The van der Waals surface area contributed by atoms with Crippen molar-refractivity contribution in [2.45, 2.75) is 39.0 Å². The standard InChI is InChI=1S/C23H26N4/c1-17-13-18(2)26-23(25-17)27-12-6-9-21(16-27)22-11-10-20(15-24-22)14-19-7-4-3-5-8-19/h3-5,7-8,10-11,13,15,21H,6,9,12,14,16H2,1-2H3/t21-/m1/s1. The van der Waals surface area contributed by atoms with Gasteiger partial charge in [-0.05, 0) is 56.4 Å². The molecule has 138 valence electrons. The molecule has 0 radical (unpaired) electrons. The number of pyridine rings is 1. The van der Waals surface area contributed by atoms with Crippen LogP contribution in [0.5, 0.6) is 0 Å². The minimum absolute atomic E-state index is 0.439. The Morgan fingerprint density at radius 1 is 0.963 bits per heavy atom. The zero-order valence-electron chi connectivity index (χ0n) is 16.1. The van der Waals surface area contributed by atoms with Crippen LogP contribution in [0.4, 0.5) is 5.95 Å². The molecule has 0 bridgehead atoms. The first-order valence-corrected chi connectivity index (χ1v) is 9.73. The predicted molar refractivity (Wildman–Crippen MR) is 109 cm³/mol. The molecule has 0 spiro atoms. The lowest BCUT2D eigenvalue weighted by atomic mass is 9.94. The van der Waals surface area contributed by atoms with Crippen molar-refractivity contribution in [2.24, 2.45) is 0 Å². The van der Waals surface area contributed by atoms with Crippen molar-refractivity contribution >= 4 is 5.95 Å². The van der Waals surface area contributed by atoms with Crippen LogP contribution in [0.25, 0.3) is 0 Å². The molecule has 0 unspecified atom stereocenters. The van der Waals surface area contributed by atoms with E-state index in [4.69, 9.17) is 4.98 Å². The lowest BCUT2D eigenvalue weighted by molar-refractivity contribution is 0.494. The molecule has 3 aromatic rings. The summed E-state index contributed by atoms with van der Waals surface area (Å²) in [5.41, 5.74) is 5.82. The summed E-state index contributed by atoms with van der Waals surface area (Å²) in [6.07, 6.45) is 5.29. The number of aromatic nitrogens is 3. The number of piperidine rings is 1. The summed E-state index contributed by atoms with van der Waals surface area (Å²) in [5, 5.41) is 0. The van der Waals surface area contributed by atoms with Gasteiger partial charge in [-0.1, -0.05) is 36.4 Å². The monoisotopic (exact) mass is 358 g/mol. The summed E-state index contributed by atoms with van der Waals surface area (Å²) in [4.78, 5) is 16.4. The number of benzene rings is 1. The molecule has 0 aliphatic carbocycles. The number of nitrogens with zero attached hydrogens (tertiary/aromatic N) is 4. The highest BCUT2D eigenvalue weighted by molar-refractivity contribution is 5.35. The third-order valence-electron chi connectivity index (χ3n) is 5.19. The molecule has 1 aliphatic rings. The summed E-state index contributed by atoms with van der Waals surface area (Å²) >= 11 is 0. The van der Waals surface area contributed by atoms with Gasteiger partial charge >= 0.3 is 0 Å². The van der Waals surface area contributed by atoms with E-state index in [2.05, 4.69) is 57.3 Å². The normalized spacial score (nSPS) is 17.1. The number of aryl methyl sites for hydroxylation is 2. The number of anilines is 1. The van der Waals surface area contributed by atoms with E-state index in [-0.39, 0.29) is 0 Å². The molecular formula is C23H26N4. The summed E-state index contributed by atoms with van der Waals surface area (Å²) < 4.78 is 0. The first-order chi connectivity index (χ1) is 13.2. The van der Waals surface area contributed by atoms with Crippen molar-refractivity contribution in [3.63, 3.8) is 0 Å². The SMILES string of the molecule is Cc1cc(C)nc(N2CCC[C@@H](c3ccc(Cc4ccccc4)cn3)C2)n1. The summed E-state index contributed by atoms with van der Waals surface area (Å²) in [7, 11) is 0. The van der Waals surface area contributed by atoms with Gasteiger partial charge in [0.05, 0.1) is 0 Å². The zero-order valence-corrected chi connectivity index (χ0v) is 16.1. The van der Waals surface area contributed by atoms with E-state index < -0.39 is 0 Å². The Hall–Kier alpha value is -2.75. The summed E-state index contributed by atoms with van der Waals surface area (Å²) in [5.74, 6) is 1.30. The Balaban J connectivity index is 1.46. The summed E-state index contributed by atoms with van der Waals surface area (Å²) in [6.45, 7) is 6.03. The van der Waals surface area contributed by atoms with Crippen LogP contribution in [0, 0.1) is 13.8 Å². The van der Waals surface area contributed by atoms with Crippen molar-refractivity contribution in [2.75, 3.05) is 18.0 Å². The van der Waals surface area contributed by atoms with Gasteiger partial charge in [-0.25, -0.2) is 9.97 Å². The molecule has 1 fully saturated rings. The van der Waals surface area contributed by atoms with Crippen molar-refractivity contribution in [1.29, 1.82) is 0 Å². The van der Waals surface area contributed by atoms with Crippen LogP contribution in [0.1, 0.15) is 47.0 Å². The van der Waals surface area contributed by atoms with Crippen molar-refractivity contribution in [1.82, 2.24) is 15.0 Å². The van der Waals surface area contributed by atoms with E-state index in [9.17, 15) is 0 Å². The van der Waals surface area contributed by atoms with E-state index in [0.717, 1.165) is 43.3 Å². The first-order valence-electron chi connectivity index (χ1n) is 9.73. The largest absolute Gasteiger partial charge is 0.340 e. The van der Waals surface area contributed by atoms with Gasteiger partial charge in [0.25, 0.3) is 0 Å². The highest BCUT2D eigenvalue weighted by Gasteiger charge is 2.24. The van der Waals surface area contributed by atoms with Crippen molar-refractivity contribution < 1.29 is 0 Å². The number of rotatable bonds is 4. The van der Waals surface area contributed by atoms with Gasteiger partial charge < -0.3 is 4.90 Å². The molecule has 2 aromatic heterocycles. The molecule has 1 saturated heterocycles. The summed E-state index contributed by atoms with van der Waals surface area (Å²) in [6, 6.07) is 17.0. The minimum Gasteiger partial charge on any atom is -0.340 e. The first kappa shape index (κ1) is 17.7. The van der Waals surface area contributed by atoms with E-state index in [1.807, 2.05) is 26.1 Å². The minimum atomic E-state index is 0.439. The molecule has 4 heteroatoms. The van der Waals surface area contributed by atoms with Crippen LogP contribution in [-0.2, 0) is 6.42 Å². The fourth-order valence-corrected chi connectivity index (χ4v) is 3.86. The highest BCUT2D eigenvalue weighted by Crippen LogP contribution is 2.28. The van der Waals surface area contributed by atoms with E-state index >= 15 is 0 Å². The van der Waals surface area contributed by atoms with Gasteiger partial charge in [0.1, 0.15) is 0 Å². The number of hydrogen-bond acceptors (Lipinski definition) is 4. The lowest BCUT2D eigenvalue weighted by Crippen LogP contribution is -2.36. The molecule has 4 nitrogen and oxygen atoms in total. The third kappa shape index (κ3) is 4.33. The molecule has 4 rings (SSSR count). The maximum Gasteiger partial charge on any atom is 0.225 e. The van der Waals surface area contributed by atoms with Crippen molar-refractivity contribution in [3.8, 4) is 0 Å². The maximum absolute atomic E-state index is 4.79. The Morgan fingerprint density at radius 3 is 2.44 bits per heavy atom. The second kappa shape index (κ2) is 7.87. The van der Waals surface area contributed by atoms with Gasteiger partial charge in [0, 0.05) is 42.3 Å². The number of hydrogen-bond donors (Lipinski definition) is 0. The second-order valence-corrected chi connectivity index (χ2v) is 7.49. The van der Waals surface area contributed by atoms with Crippen molar-refractivity contribution in [3.05, 3.63) is 82.9 Å². The van der Waals surface area contributed by atoms with Gasteiger partial charge in [-0.3, -0.25) is 4.98 Å². The molecule has 1 atom stereocenters. The average Bonchev–Trinajstić information content (AvgIpc) is 2.69. The Kier molecular flexibility index (Phi) is 5.14. The zero-order chi connectivity index (χ0) is 18.6. The fourth-order valence-electron chi connectivity index (χ4n) is 3.86. The molecule has 0 amide bonds. The topological polar surface area (TPSA) is 41.9 Å². The Morgan fingerprint density at radius 2 is 1.74 bits per heavy atom. The molecular weight excluding hydrogens is 332 g/mol. The smallest absolute Gasteiger partial charge is 0.225 e. The lowest BCUT2D eigenvalue weighted by Gasteiger charge is -2.32. The quantitative estimate of drug-likeness (QED) is 0.690. The van der Waals surface area contributed by atoms with Crippen LogP contribution in [-0.4, -0.2) is 28.0 Å². The third-order valence-corrected chi connectivity index (χ3v) is 5.19. The maximum atomic E-state index is 4.79. The molecule has 3 heterocycles. The molecule has 0 N–H and O–H groups in total. The second-order valence-electron chi connectivity index (χ2n) is 7.49. The van der Waals surface area contributed by atoms with Gasteiger partial charge in [-0.2, -0.15) is 0 Å². The Labute approximate surface area is 161 Å². The van der Waals surface area contributed by atoms with Crippen LogP contribution >= 0.6 is 0 Å². The van der Waals surface area contributed by atoms with E-state index in [1.54, 1.807) is 0 Å². The molecule has 1 aliphatic heterocycles. The average molecular weight is 358 g/mol. The van der Waals surface area contributed by atoms with Gasteiger partial charge in [-0.15, -0.1) is 0 Å². The van der Waals surface area contributed by atoms with Crippen LogP contribution in [0.2, 0.25) is 0 Å². The Bertz CT molecular complexity index is 870. The van der Waals surface area contributed by atoms with E-state index in [0.29, 0.717) is 5.92 Å². The van der Waals surface area contributed by atoms with Crippen LogP contribution in [0.3, 0.4) is 0 Å².